The number of nitrogens with zero attached hydrogens (tertiary/aromatic N) is 1. The van der Waals surface area contributed by atoms with Gasteiger partial charge in [-0.25, -0.2) is 4.98 Å². The fourth-order valence-electron chi connectivity index (χ4n) is 2.05. The zero-order valence-corrected chi connectivity index (χ0v) is 14.7. The van der Waals surface area contributed by atoms with Gasteiger partial charge in [0.2, 0.25) is 5.88 Å². The fraction of sp³-hybridized carbons (Fsp3) is 0.350. The second-order valence-corrected chi connectivity index (χ2v) is 5.50. The number of pyridine rings is 1. The molecule has 1 aromatic heterocycles. The topological polar surface area (TPSA) is 66.6 Å². The van der Waals surface area contributed by atoms with Crippen molar-refractivity contribution < 1.29 is 14.2 Å². The van der Waals surface area contributed by atoms with Crippen LogP contribution in [0.1, 0.15) is 24.5 Å². The molecule has 0 aliphatic rings. The molecule has 2 N–H and O–H groups in total. The van der Waals surface area contributed by atoms with E-state index in [1.54, 1.807) is 6.20 Å². The van der Waals surface area contributed by atoms with Crippen LogP contribution in [0.25, 0.3) is 12.2 Å². The highest BCUT2D eigenvalue weighted by atomic mass is 16.5. The van der Waals surface area contributed by atoms with Crippen molar-refractivity contribution in [1.82, 2.24) is 4.98 Å². The van der Waals surface area contributed by atoms with Gasteiger partial charge in [-0.15, -0.1) is 0 Å². The van der Waals surface area contributed by atoms with Crippen molar-refractivity contribution >= 4 is 17.8 Å². The van der Waals surface area contributed by atoms with E-state index in [-0.39, 0.29) is 0 Å². The second kappa shape index (κ2) is 11.2. The smallest absolute Gasteiger partial charge is 0.213 e. The van der Waals surface area contributed by atoms with Gasteiger partial charge in [-0.1, -0.05) is 31.2 Å². The van der Waals surface area contributed by atoms with Crippen LogP contribution < -0.4 is 10.5 Å². The number of hydrogen-bond acceptors (Lipinski definition) is 5. The lowest BCUT2D eigenvalue weighted by molar-refractivity contribution is 0.0361. The Morgan fingerprint density at radius 3 is 2.16 bits per heavy atom. The summed E-state index contributed by atoms with van der Waals surface area (Å²) in [6, 6.07) is 11.5. The molecule has 0 radical (unpaired) electrons. The van der Waals surface area contributed by atoms with Gasteiger partial charge in [-0.05, 0) is 35.7 Å². The standard InChI is InChI=1S/C20H26N2O3/c1-2-11-23-12-13-24-14-15-25-20-10-7-18(16-22-20)4-3-17-5-8-19(21)9-6-17/h3-10,16H,2,11-15,21H2,1H3/b4-3+. The van der Waals surface area contributed by atoms with E-state index in [0.29, 0.717) is 32.3 Å². The first-order valence-corrected chi connectivity index (χ1v) is 8.56. The number of aromatic nitrogens is 1. The number of benzene rings is 1. The summed E-state index contributed by atoms with van der Waals surface area (Å²) in [4.78, 5) is 4.29. The molecule has 0 aliphatic heterocycles. The van der Waals surface area contributed by atoms with Crippen molar-refractivity contribution in [2.75, 3.05) is 38.8 Å². The van der Waals surface area contributed by atoms with Gasteiger partial charge in [-0.2, -0.15) is 0 Å². The Kier molecular flexibility index (Phi) is 8.52. The first kappa shape index (κ1) is 19.0. The SMILES string of the molecule is CCCOCCOCCOc1ccc(/C=C/c2ccc(N)cc2)cn1. The third kappa shape index (κ3) is 7.83. The molecule has 0 saturated heterocycles. The molecule has 0 amide bonds. The number of ether oxygens (including phenoxy) is 3. The average Bonchev–Trinajstić information content (AvgIpc) is 2.64. The molecule has 2 rings (SSSR count). The van der Waals surface area contributed by atoms with E-state index in [4.69, 9.17) is 19.9 Å². The number of nitrogens with two attached hydrogens (primary N) is 1. The van der Waals surface area contributed by atoms with Crippen molar-refractivity contribution in [2.24, 2.45) is 0 Å². The lowest BCUT2D eigenvalue weighted by Gasteiger charge is -2.07. The summed E-state index contributed by atoms with van der Waals surface area (Å²) in [5.41, 5.74) is 8.54. The Morgan fingerprint density at radius 2 is 1.48 bits per heavy atom. The van der Waals surface area contributed by atoms with Gasteiger partial charge in [0.05, 0.1) is 19.8 Å². The molecule has 0 bridgehead atoms. The minimum absolute atomic E-state index is 0.474. The summed E-state index contributed by atoms with van der Waals surface area (Å²) in [5, 5.41) is 0. The van der Waals surface area contributed by atoms with Crippen molar-refractivity contribution in [3.63, 3.8) is 0 Å². The molecule has 5 heteroatoms. The van der Waals surface area contributed by atoms with Gasteiger partial charge in [-0.3, -0.25) is 0 Å². The number of anilines is 1. The van der Waals surface area contributed by atoms with E-state index in [0.717, 1.165) is 29.8 Å². The highest BCUT2D eigenvalue weighted by Gasteiger charge is 1.96. The van der Waals surface area contributed by atoms with Gasteiger partial charge < -0.3 is 19.9 Å². The average molecular weight is 342 g/mol. The van der Waals surface area contributed by atoms with Crippen molar-refractivity contribution in [2.45, 2.75) is 13.3 Å². The normalized spacial score (nSPS) is 11.1. The number of nitrogen functional groups attached to an aromatic ring is 1. The highest BCUT2D eigenvalue weighted by Crippen LogP contribution is 2.12. The third-order valence-corrected chi connectivity index (χ3v) is 3.36. The Bertz CT molecular complexity index is 624. The molecule has 0 fully saturated rings. The molecular weight excluding hydrogens is 316 g/mol. The predicted molar refractivity (Wildman–Crippen MR) is 101 cm³/mol. The van der Waals surface area contributed by atoms with E-state index in [9.17, 15) is 0 Å². The lowest BCUT2D eigenvalue weighted by Crippen LogP contribution is -2.11. The fourth-order valence-corrected chi connectivity index (χ4v) is 2.05. The van der Waals surface area contributed by atoms with E-state index in [2.05, 4.69) is 11.9 Å². The van der Waals surface area contributed by atoms with Crippen LogP contribution in [0.4, 0.5) is 5.69 Å². The summed E-state index contributed by atoms with van der Waals surface area (Å²) >= 11 is 0. The van der Waals surface area contributed by atoms with Gasteiger partial charge in [0, 0.05) is 24.6 Å². The van der Waals surface area contributed by atoms with Gasteiger partial charge in [0.25, 0.3) is 0 Å². The molecule has 1 aromatic carbocycles. The molecule has 0 saturated carbocycles. The number of rotatable bonds is 11. The highest BCUT2D eigenvalue weighted by molar-refractivity contribution is 5.69. The van der Waals surface area contributed by atoms with E-state index >= 15 is 0 Å². The maximum absolute atomic E-state index is 5.67. The van der Waals surface area contributed by atoms with Gasteiger partial charge in [0.15, 0.2) is 0 Å². The molecule has 1 heterocycles. The van der Waals surface area contributed by atoms with Crippen LogP contribution in [0.3, 0.4) is 0 Å². The first-order valence-electron chi connectivity index (χ1n) is 8.56. The van der Waals surface area contributed by atoms with Crippen LogP contribution in [0.2, 0.25) is 0 Å². The Morgan fingerprint density at radius 1 is 0.840 bits per heavy atom. The molecule has 0 aliphatic carbocycles. The zero-order valence-electron chi connectivity index (χ0n) is 14.7. The zero-order chi connectivity index (χ0) is 17.7. The molecule has 5 nitrogen and oxygen atoms in total. The quantitative estimate of drug-likeness (QED) is 0.499. The van der Waals surface area contributed by atoms with Crippen LogP contribution >= 0.6 is 0 Å². The Hall–Kier alpha value is -2.37. The minimum atomic E-state index is 0.474. The van der Waals surface area contributed by atoms with Crippen LogP contribution in [0.5, 0.6) is 5.88 Å². The van der Waals surface area contributed by atoms with E-state index < -0.39 is 0 Å². The minimum Gasteiger partial charge on any atom is -0.475 e. The molecule has 25 heavy (non-hydrogen) atoms. The van der Waals surface area contributed by atoms with Crippen molar-refractivity contribution in [1.29, 1.82) is 0 Å². The predicted octanol–water partition coefficient (Wildman–Crippen LogP) is 3.66. The summed E-state index contributed by atoms with van der Waals surface area (Å²) in [5.74, 6) is 0.593. The maximum atomic E-state index is 5.67. The van der Waals surface area contributed by atoms with Crippen LogP contribution in [0.15, 0.2) is 42.6 Å². The largest absolute Gasteiger partial charge is 0.475 e. The van der Waals surface area contributed by atoms with Crippen LogP contribution in [0, 0.1) is 0 Å². The monoisotopic (exact) mass is 342 g/mol. The lowest BCUT2D eigenvalue weighted by atomic mass is 10.1. The maximum Gasteiger partial charge on any atom is 0.213 e. The van der Waals surface area contributed by atoms with E-state index in [1.165, 1.54) is 0 Å². The molecule has 134 valence electrons. The molecule has 2 aromatic rings. The summed E-state index contributed by atoms with van der Waals surface area (Å²) in [6.07, 6.45) is 6.83. The Labute approximate surface area is 149 Å². The van der Waals surface area contributed by atoms with Gasteiger partial charge >= 0.3 is 0 Å². The summed E-state index contributed by atoms with van der Waals surface area (Å²) in [6.45, 7) is 5.08. The molecule has 0 spiro atoms. The van der Waals surface area contributed by atoms with Crippen molar-refractivity contribution in [3.05, 3.63) is 53.7 Å². The molecular formula is C20H26N2O3. The Balaban J connectivity index is 1.66. The third-order valence-electron chi connectivity index (χ3n) is 3.36. The molecule has 0 atom stereocenters. The summed E-state index contributed by atoms with van der Waals surface area (Å²) in [7, 11) is 0. The second-order valence-electron chi connectivity index (χ2n) is 5.50. The summed E-state index contributed by atoms with van der Waals surface area (Å²) < 4.78 is 16.3. The van der Waals surface area contributed by atoms with Crippen LogP contribution in [-0.2, 0) is 9.47 Å². The first-order chi connectivity index (χ1) is 12.3. The van der Waals surface area contributed by atoms with Crippen molar-refractivity contribution in [3.8, 4) is 5.88 Å². The van der Waals surface area contributed by atoms with Gasteiger partial charge in [0.1, 0.15) is 6.61 Å². The number of hydrogen-bond donors (Lipinski definition) is 1. The molecule has 0 unspecified atom stereocenters. The van der Waals surface area contributed by atoms with E-state index in [1.807, 2.05) is 48.6 Å². The van der Waals surface area contributed by atoms with Crippen LogP contribution in [-0.4, -0.2) is 38.0 Å².